The maximum atomic E-state index is 11.6. The minimum atomic E-state index is -0.641. The maximum absolute atomic E-state index is 11.6. The van der Waals surface area contributed by atoms with E-state index in [9.17, 15) is 9.59 Å². The number of hydrogen-bond acceptors (Lipinski definition) is 4. The number of carbonyl (C=O) groups excluding carboxylic acids is 2. The first kappa shape index (κ1) is 14.7. The summed E-state index contributed by atoms with van der Waals surface area (Å²) in [5.74, 6) is 0. The van der Waals surface area contributed by atoms with Gasteiger partial charge in [0.1, 0.15) is 0 Å². The van der Waals surface area contributed by atoms with Crippen LogP contribution in [0, 0.1) is 0 Å². The Morgan fingerprint density at radius 1 is 1.00 bits per heavy atom. The van der Waals surface area contributed by atoms with Crippen molar-refractivity contribution in [1.29, 1.82) is 0 Å². The molecule has 0 aromatic rings. The van der Waals surface area contributed by atoms with Crippen LogP contribution in [0.25, 0.3) is 0 Å². The zero-order valence-electron chi connectivity index (χ0n) is 10.5. The van der Waals surface area contributed by atoms with Crippen LogP contribution < -0.4 is 0 Å². The fourth-order valence-electron chi connectivity index (χ4n) is 1.01. The van der Waals surface area contributed by atoms with Gasteiger partial charge in [-0.1, -0.05) is 13.8 Å². The molecule has 0 aliphatic carbocycles. The molecule has 0 atom stereocenters. The van der Waals surface area contributed by atoms with Crippen molar-refractivity contribution in [2.24, 2.45) is 0 Å². The molecule has 0 saturated carbocycles. The normalized spacial score (nSPS) is 10.1. The van der Waals surface area contributed by atoms with E-state index in [0.29, 0.717) is 13.2 Å². The Kier molecular flexibility index (Phi) is 7.33. The zero-order chi connectivity index (χ0) is 12.6. The van der Waals surface area contributed by atoms with Crippen molar-refractivity contribution in [3.8, 4) is 0 Å². The molecule has 0 unspecified atom stereocenters. The van der Waals surface area contributed by atoms with Crippen LogP contribution in [0.1, 0.15) is 40.5 Å². The quantitative estimate of drug-likeness (QED) is 0.730. The lowest BCUT2D eigenvalue weighted by atomic mass is 10.3. The fourth-order valence-corrected chi connectivity index (χ4v) is 1.01. The van der Waals surface area contributed by atoms with Crippen molar-refractivity contribution in [3.63, 3.8) is 0 Å². The summed E-state index contributed by atoms with van der Waals surface area (Å²) < 4.78 is 9.80. The van der Waals surface area contributed by atoms with Crippen molar-refractivity contribution >= 4 is 12.2 Å². The van der Waals surface area contributed by atoms with E-state index in [4.69, 9.17) is 9.47 Å². The summed E-state index contributed by atoms with van der Waals surface area (Å²) in [6, 6.07) is -0.270. The molecule has 0 rings (SSSR count). The average molecular weight is 231 g/mol. The van der Waals surface area contributed by atoms with Gasteiger partial charge in [0.05, 0.1) is 13.2 Å². The highest BCUT2D eigenvalue weighted by atomic mass is 16.6. The Hall–Kier alpha value is -1.26. The third kappa shape index (κ3) is 5.00. The van der Waals surface area contributed by atoms with E-state index in [1.54, 1.807) is 13.8 Å². The predicted octanol–water partition coefficient (Wildman–Crippen LogP) is 2.79. The summed E-state index contributed by atoms with van der Waals surface area (Å²) in [6.45, 7) is 7.87. The molecular weight excluding hydrogens is 210 g/mol. The lowest BCUT2D eigenvalue weighted by Crippen LogP contribution is -2.42. The molecule has 0 aromatic carbocycles. The Bertz CT molecular complexity index is 208. The van der Waals surface area contributed by atoms with Crippen molar-refractivity contribution in [1.82, 2.24) is 4.90 Å². The van der Waals surface area contributed by atoms with Gasteiger partial charge in [-0.3, -0.25) is 0 Å². The summed E-state index contributed by atoms with van der Waals surface area (Å²) in [6.07, 6.45) is 0.166. The van der Waals surface area contributed by atoms with Gasteiger partial charge in [0.2, 0.25) is 0 Å². The van der Waals surface area contributed by atoms with Gasteiger partial charge >= 0.3 is 12.2 Å². The Balaban J connectivity index is 4.35. The highest BCUT2D eigenvalue weighted by Crippen LogP contribution is 2.05. The lowest BCUT2D eigenvalue weighted by molar-refractivity contribution is 0.0675. The van der Waals surface area contributed by atoms with Crippen molar-refractivity contribution < 1.29 is 19.1 Å². The summed E-state index contributed by atoms with van der Waals surface area (Å²) in [4.78, 5) is 24.1. The molecule has 5 nitrogen and oxygen atoms in total. The van der Waals surface area contributed by atoms with Crippen molar-refractivity contribution in [2.45, 2.75) is 46.6 Å². The number of nitrogens with zero attached hydrogens (tertiary/aromatic N) is 1. The van der Waals surface area contributed by atoms with E-state index >= 15 is 0 Å². The molecule has 0 fully saturated rings. The molecule has 0 radical (unpaired) electrons. The fraction of sp³-hybridized carbons (Fsp3) is 0.818. The lowest BCUT2D eigenvalue weighted by Gasteiger charge is -2.23. The van der Waals surface area contributed by atoms with Gasteiger partial charge in [-0.2, -0.15) is 0 Å². The molecule has 0 aromatic heterocycles. The average Bonchev–Trinajstić information content (AvgIpc) is 2.23. The van der Waals surface area contributed by atoms with Crippen LogP contribution in [-0.2, 0) is 9.47 Å². The van der Waals surface area contributed by atoms with Gasteiger partial charge in [0.15, 0.2) is 0 Å². The predicted molar refractivity (Wildman–Crippen MR) is 60.3 cm³/mol. The van der Waals surface area contributed by atoms with Gasteiger partial charge in [0.25, 0.3) is 0 Å². The largest absolute Gasteiger partial charge is 0.449 e. The van der Waals surface area contributed by atoms with Crippen LogP contribution in [-0.4, -0.2) is 36.3 Å². The molecule has 16 heavy (non-hydrogen) atoms. The van der Waals surface area contributed by atoms with Crippen molar-refractivity contribution in [2.75, 3.05) is 13.2 Å². The minimum absolute atomic E-state index is 0.270. The van der Waals surface area contributed by atoms with E-state index in [2.05, 4.69) is 0 Å². The van der Waals surface area contributed by atoms with E-state index in [1.807, 2.05) is 13.8 Å². The Morgan fingerprint density at radius 3 is 1.62 bits per heavy atom. The van der Waals surface area contributed by atoms with Crippen LogP contribution in [0.3, 0.4) is 0 Å². The summed E-state index contributed by atoms with van der Waals surface area (Å²) in [5.41, 5.74) is 0. The maximum Gasteiger partial charge on any atom is 0.419 e. The van der Waals surface area contributed by atoms with E-state index in [0.717, 1.165) is 17.7 Å². The van der Waals surface area contributed by atoms with E-state index in [-0.39, 0.29) is 6.04 Å². The molecule has 0 aliphatic rings. The molecule has 0 spiro atoms. The molecule has 0 heterocycles. The molecule has 2 amide bonds. The van der Waals surface area contributed by atoms with Gasteiger partial charge < -0.3 is 9.47 Å². The second kappa shape index (κ2) is 7.96. The summed E-state index contributed by atoms with van der Waals surface area (Å²) >= 11 is 0. The third-order valence-corrected chi connectivity index (χ3v) is 1.77. The van der Waals surface area contributed by atoms with Crippen LogP contribution in [0.15, 0.2) is 0 Å². The molecule has 0 bridgehead atoms. The molecular formula is C11H21NO4. The van der Waals surface area contributed by atoms with Gasteiger partial charge in [-0.15, -0.1) is 0 Å². The number of imide groups is 1. The molecule has 0 aliphatic heterocycles. The molecule has 94 valence electrons. The van der Waals surface area contributed by atoms with Crippen LogP contribution in [0.5, 0.6) is 0 Å². The van der Waals surface area contributed by atoms with Crippen LogP contribution in [0.4, 0.5) is 9.59 Å². The van der Waals surface area contributed by atoms with E-state index < -0.39 is 12.2 Å². The summed E-state index contributed by atoms with van der Waals surface area (Å²) in [5, 5.41) is 0. The monoisotopic (exact) mass is 231 g/mol. The SMILES string of the molecule is CCCOC(=O)N(C(=O)OCCC)C(C)C. The molecule has 5 heteroatoms. The third-order valence-electron chi connectivity index (χ3n) is 1.77. The smallest absolute Gasteiger partial charge is 0.419 e. The van der Waals surface area contributed by atoms with E-state index in [1.165, 1.54) is 0 Å². The second-order valence-corrected chi connectivity index (χ2v) is 3.69. The first-order valence-electron chi connectivity index (χ1n) is 5.67. The molecule has 0 N–H and O–H groups in total. The molecule has 0 saturated heterocycles. The second-order valence-electron chi connectivity index (χ2n) is 3.69. The number of carbonyl (C=O) groups is 2. The number of amides is 2. The standard InChI is InChI=1S/C11H21NO4/c1-5-7-15-10(13)12(9(3)4)11(14)16-8-6-2/h9H,5-8H2,1-4H3. The minimum Gasteiger partial charge on any atom is -0.449 e. The number of hydrogen-bond donors (Lipinski definition) is 0. The first-order valence-corrected chi connectivity index (χ1v) is 5.67. The van der Waals surface area contributed by atoms with Crippen molar-refractivity contribution in [3.05, 3.63) is 0 Å². The number of ether oxygens (including phenoxy) is 2. The van der Waals surface area contributed by atoms with Gasteiger partial charge in [0, 0.05) is 6.04 Å². The number of rotatable bonds is 5. The Morgan fingerprint density at radius 2 is 1.38 bits per heavy atom. The summed E-state index contributed by atoms with van der Waals surface area (Å²) in [7, 11) is 0. The highest BCUT2D eigenvalue weighted by molar-refractivity contribution is 5.88. The van der Waals surface area contributed by atoms with Gasteiger partial charge in [-0.25, -0.2) is 14.5 Å². The zero-order valence-corrected chi connectivity index (χ0v) is 10.5. The highest BCUT2D eigenvalue weighted by Gasteiger charge is 2.26. The van der Waals surface area contributed by atoms with Gasteiger partial charge in [-0.05, 0) is 26.7 Å². The Labute approximate surface area is 96.7 Å². The van der Waals surface area contributed by atoms with Crippen LogP contribution in [0.2, 0.25) is 0 Å². The van der Waals surface area contributed by atoms with Crippen LogP contribution >= 0.6 is 0 Å². The topological polar surface area (TPSA) is 55.8 Å². The first-order chi connectivity index (χ1) is 7.54.